The van der Waals surface area contributed by atoms with E-state index in [0.717, 1.165) is 16.7 Å². The average molecular weight is 492 g/mol. The summed E-state index contributed by atoms with van der Waals surface area (Å²) >= 11 is 0. The molecule has 0 radical (unpaired) electrons. The van der Waals surface area contributed by atoms with E-state index >= 15 is 0 Å². The minimum absolute atomic E-state index is 0.272. The zero-order chi connectivity index (χ0) is 26.2. The van der Waals surface area contributed by atoms with Gasteiger partial charge in [0.15, 0.2) is 0 Å². The molecule has 3 amide bonds. The molecule has 0 unspecified atom stereocenters. The summed E-state index contributed by atoms with van der Waals surface area (Å²) < 4.78 is 0. The smallest absolute Gasteiger partial charge is 0.268 e. The Balaban J connectivity index is 1.60. The number of benzene rings is 3. The lowest BCUT2D eigenvalue weighted by Crippen LogP contribution is -2.51. The molecule has 0 saturated carbocycles. The van der Waals surface area contributed by atoms with Gasteiger partial charge in [0.25, 0.3) is 11.8 Å². The van der Waals surface area contributed by atoms with Crippen molar-refractivity contribution in [1.29, 1.82) is 0 Å². The van der Waals surface area contributed by atoms with E-state index in [1.165, 1.54) is 12.4 Å². The number of rotatable bonds is 9. The lowest BCUT2D eigenvalue weighted by Gasteiger charge is -2.19. The number of nitrogens with two attached hydrogens (primary N) is 2. The Morgan fingerprint density at radius 2 is 1.42 bits per heavy atom. The maximum Gasteiger partial charge on any atom is 0.268 e. The number of carbonyl (C=O) groups is 3. The summed E-state index contributed by atoms with van der Waals surface area (Å²) in [5.74, 6) is -1.81. The van der Waals surface area contributed by atoms with E-state index in [1.54, 1.807) is 48.5 Å². The van der Waals surface area contributed by atoms with E-state index in [4.69, 9.17) is 16.7 Å². The lowest BCUT2D eigenvalue weighted by molar-refractivity contribution is -0.133. The first-order chi connectivity index (χ1) is 17.2. The number of anilines is 2. The number of nitrogens with one attached hydrogen (secondary N) is 3. The first-order valence-electron chi connectivity index (χ1n) is 11.2. The monoisotopic (exact) mass is 491 g/mol. The summed E-state index contributed by atoms with van der Waals surface area (Å²) in [6, 6.07) is 19.0. The van der Waals surface area contributed by atoms with Crippen LogP contribution < -0.4 is 27.6 Å². The summed E-state index contributed by atoms with van der Waals surface area (Å²) in [6.07, 6.45) is -0.820. The molecule has 9 N–H and O–H groups in total. The van der Waals surface area contributed by atoms with Crippen molar-refractivity contribution in [3.8, 4) is 11.1 Å². The Morgan fingerprint density at radius 1 is 0.861 bits per heavy atom. The fourth-order valence-corrected chi connectivity index (χ4v) is 3.49. The summed E-state index contributed by atoms with van der Waals surface area (Å²) in [5, 5.41) is 23.6. The number of amides is 3. The van der Waals surface area contributed by atoms with Crippen LogP contribution in [0.3, 0.4) is 0 Å². The predicted octanol–water partition coefficient (Wildman–Crippen LogP) is 1.43. The molecule has 0 spiro atoms. The lowest BCUT2D eigenvalue weighted by atomic mass is 10.0. The number of aliphatic hydroxyl groups is 1. The normalized spacial score (nSPS) is 13.2. The van der Waals surface area contributed by atoms with Crippen LogP contribution in [0.25, 0.3) is 11.1 Å². The van der Waals surface area contributed by atoms with Crippen molar-refractivity contribution >= 4 is 29.1 Å². The fraction of sp³-hybridized carbons (Fsp3) is 0.192. The highest BCUT2D eigenvalue weighted by Gasteiger charge is 2.25. The van der Waals surface area contributed by atoms with Gasteiger partial charge in [-0.3, -0.25) is 19.6 Å². The minimum atomic E-state index is -1.30. The largest absolute Gasteiger partial charge is 0.399 e. The van der Waals surface area contributed by atoms with Gasteiger partial charge in [0.1, 0.15) is 6.04 Å². The quantitative estimate of drug-likeness (QED) is 0.134. The fourth-order valence-electron chi connectivity index (χ4n) is 3.49. The maximum atomic E-state index is 12.5. The van der Waals surface area contributed by atoms with Crippen molar-refractivity contribution in [2.75, 3.05) is 11.1 Å². The first kappa shape index (κ1) is 26.4. The van der Waals surface area contributed by atoms with Crippen LogP contribution in [0.15, 0.2) is 72.8 Å². The van der Waals surface area contributed by atoms with Gasteiger partial charge in [-0.15, -0.1) is 0 Å². The van der Waals surface area contributed by atoms with Crippen molar-refractivity contribution in [1.82, 2.24) is 10.8 Å². The maximum absolute atomic E-state index is 12.5. The van der Waals surface area contributed by atoms with Crippen molar-refractivity contribution in [2.24, 2.45) is 5.73 Å². The van der Waals surface area contributed by atoms with E-state index in [-0.39, 0.29) is 11.5 Å². The molecule has 0 bridgehead atoms. The van der Waals surface area contributed by atoms with Gasteiger partial charge in [-0.25, -0.2) is 5.48 Å². The third-order valence-electron chi connectivity index (χ3n) is 5.57. The van der Waals surface area contributed by atoms with Crippen LogP contribution in [0.5, 0.6) is 0 Å². The van der Waals surface area contributed by atoms with Gasteiger partial charge in [0.05, 0.1) is 12.1 Å². The Morgan fingerprint density at radius 3 is 1.94 bits per heavy atom. The summed E-state index contributed by atoms with van der Waals surface area (Å²) in [6.45, 7) is 1.32. The van der Waals surface area contributed by atoms with Gasteiger partial charge >= 0.3 is 0 Å². The van der Waals surface area contributed by atoms with Gasteiger partial charge in [0.2, 0.25) is 5.91 Å². The molecule has 0 aliphatic carbocycles. The van der Waals surface area contributed by atoms with Gasteiger partial charge in [-0.05, 0) is 66.4 Å². The van der Waals surface area contributed by atoms with Crippen LogP contribution in [-0.4, -0.2) is 46.2 Å². The molecule has 10 heteroatoms. The van der Waals surface area contributed by atoms with E-state index in [9.17, 15) is 19.5 Å². The van der Waals surface area contributed by atoms with Crippen LogP contribution in [0, 0.1) is 0 Å². The SMILES string of the molecule is C[C@@H](O)[C@H](NC(=O)c1ccc(-c2ccc(NC(=O)[C@@H](N)Cc3ccc(N)cc3)cc2)cc1)C(=O)NO. The van der Waals surface area contributed by atoms with Gasteiger partial charge in [-0.2, -0.15) is 0 Å². The molecule has 0 aliphatic heterocycles. The first-order valence-corrected chi connectivity index (χ1v) is 11.2. The number of hydroxylamine groups is 1. The Bertz CT molecular complexity index is 1190. The molecule has 10 nitrogen and oxygen atoms in total. The summed E-state index contributed by atoms with van der Waals surface area (Å²) in [7, 11) is 0. The molecule has 36 heavy (non-hydrogen) atoms. The number of hydrogen-bond donors (Lipinski definition) is 7. The average Bonchev–Trinajstić information content (AvgIpc) is 2.88. The molecule has 3 aromatic rings. The highest BCUT2D eigenvalue weighted by molar-refractivity contribution is 5.98. The van der Waals surface area contributed by atoms with Gasteiger partial charge < -0.3 is 27.2 Å². The molecule has 3 aromatic carbocycles. The number of nitrogen functional groups attached to an aromatic ring is 1. The Labute approximate surface area is 208 Å². The molecule has 188 valence electrons. The molecule has 0 aromatic heterocycles. The van der Waals surface area contributed by atoms with Crippen molar-refractivity contribution in [3.63, 3.8) is 0 Å². The van der Waals surface area contributed by atoms with E-state index in [1.807, 2.05) is 24.3 Å². The number of aliphatic hydroxyl groups excluding tert-OH is 1. The topological polar surface area (TPSA) is 180 Å². The standard InChI is InChI=1S/C26H29N5O5/c1-15(32)23(26(35)31-36)30-24(33)19-6-4-17(5-7-19)18-8-12-21(13-9-18)29-25(34)22(28)14-16-2-10-20(27)11-3-16/h2-13,15,22-23,32,36H,14,27-28H2,1H3,(H,29,34)(H,30,33)(H,31,35)/t15-,22+,23+/m1/s1. The Kier molecular flexibility index (Phi) is 8.74. The minimum Gasteiger partial charge on any atom is -0.399 e. The van der Waals surface area contributed by atoms with E-state index in [2.05, 4.69) is 10.6 Å². The van der Waals surface area contributed by atoms with Crippen molar-refractivity contribution in [3.05, 3.63) is 83.9 Å². The molecule has 3 rings (SSSR count). The number of hydrogen-bond acceptors (Lipinski definition) is 7. The van der Waals surface area contributed by atoms with Crippen LogP contribution in [0.1, 0.15) is 22.8 Å². The molecule has 0 fully saturated rings. The second-order valence-electron chi connectivity index (χ2n) is 8.36. The van der Waals surface area contributed by atoms with Gasteiger partial charge in [-0.1, -0.05) is 36.4 Å². The third kappa shape index (κ3) is 6.89. The second-order valence-corrected chi connectivity index (χ2v) is 8.36. The zero-order valence-corrected chi connectivity index (χ0v) is 19.6. The molecular formula is C26H29N5O5. The highest BCUT2D eigenvalue weighted by atomic mass is 16.5. The van der Waals surface area contributed by atoms with E-state index < -0.39 is 30.0 Å². The predicted molar refractivity (Wildman–Crippen MR) is 136 cm³/mol. The second kappa shape index (κ2) is 11.9. The number of carbonyl (C=O) groups excluding carboxylic acids is 3. The van der Waals surface area contributed by atoms with Crippen LogP contribution in [0.4, 0.5) is 11.4 Å². The summed E-state index contributed by atoms with van der Waals surface area (Å²) in [5.41, 5.74) is 17.2. The van der Waals surface area contributed by atoms with Crippen LogP contribution in [-0.2, 0) is 16.0 Å². The summed E-state index contributed by atoms with van der Waals surface area (Å²) in [4.78, 5) is 36.5. The van der Waals surface area contributed by atoms with Crippen LogP contribution in [0.2, 0.25) is 0 Å². The van der Waals surface area contributed by atoms with Crippen LogP contribution >= 0.6 is 0 Å². The molecule has 0 aliphatic rings. The Hall–Kier alpha value is -4.25. The van der Waals surface area contributed by atoms with Crippen molar-refractivity contribution < 1.29 is 24.7 Å². The molecule has 0 heterocycles. The van der Waals surface area contributed by atoms with E-state index in [0.29, 0.717) is 17.8 Å². The molecular weight excluding hydrogens is 462 g/mol. The third-order valence-corrected chi connectivity index (χ3v) is 5.57. The van der Waals surface area contributed by atoms with Crippen molar-refractivity contribution in [2.45, 2.75) is 31.5 Å². The molecule has 3 atom stereocenters. The molecule has 0 saturated heterocycles. The highest BCUT2D eigenvalue weighted by Crippen LogP contribution is 2.22. The zero-order valence-electron chi connectivity index (χ0n) is 19.6. The van der Waals surface area contributed by atoms with Gasteiger partial charge in [0, 0.05) is 16.9 Å².